The van der Waals surface area contributed by atoms with E-state index in [1.165, 1.54) is 30.6 Å². The molecule has 0 unspecified atom stereocenters. The molecule has 0 amide bonds. The average Bonchev–Trinajstić information content (AvgIpc) is 2.66. The van der Waals surface area contributed by atoms with E-state index in [4.69, 9.17) is 0 Å². The van der Waals surface area contributed by atoms with Crippen LogP contribution in [0.4, 0.5) is 0 Å². The molecule has 2 bridgehead atoms. The third-order valence-electron chi connectivity index (χ3n) is 3.45. The lowest BCUT2D eigenvalue weighted by molar-refractivity contribution is 0.365. The minimum atomic E-state index is 0.940. The van der Waals surface area contributed by atoms with Crippen molar-refractivity contribution in [2.75, 3.05) is 0 Å². The number of hydrogen-bond acceptors (Lipinski definition) is 1. The van der Waals surface area contributed by atoms with Crippen LogP contribution in [-0.2, 0) is 0 Å². The first-order chi connectivity index (χ1) is 6.84. The Kier molecular flexibility index (Phi) is 2.96. The van der Waals surface area contributed by atoms with Crippen LogP contribution in [0.15, 0.2) is 6.07 Å². The first-order valence-corrected chi connectivity index (χ1v) is 6.76. The van der Waals surface area contributed by atoms with Crippen LogP contribution in [-0.4, -0.2) is 0 Å². The summed E-state index contributed by atoms with van der Waals surface area (Å²) in [5.74, 6) is 1.89. The molecule has 1 fully saturated rings. The van der Waals surface area contributed by atoms with Crippen molar-refractivity contribution in [3.05, 3.63) is 21.4 Å². The zero-order chi connectivity index (χ0) is 10.1. The van der Waals surface area contributed by atoms with Gasteiger partial charge in [-0.3, -0.25) is 0 Å². The second kappa shape index (κ2) is 4.06. The van der Waals surface area contributed by atoms with E-state index in [1.54, 1.807) is 10.4 Å². The van der Waals surface area contributed by atoms with Crippen molar-refractivity contribution in [1.82, 2.24) is 0 Å². The van der Waals surface area contributed by atoms with Crippen LogP contribution >= 0.6 is 11.3 Å². The van der Waals surface area contributed by atoms with Crippen molar-refractivity contribution >= 4 is 11.3 Å². The molecule has 0 aliphatic heterocycles. The third kappa shape index (κ3) is 1.52. The van der Waals surface area contributed by atoms with Gasteiger partial charge in [-0.1, -0.05) is 13.8 Å². The molecule has 1 heterocycles. The fourth-order valence-corrected chi connectivity index (χ4v) is 4.14. The lowest BCUT2D eigenvalue weighted by Gasteiger charge is -2.35. The minimum Gasteiger partial charge on any atom is -0.145 e. The Bertz CT molecular complexity index is 274. The predicted octanol–water partition coefficient (Wildman–Crippen LogP) is 4.84. The van der Waals surface area contributed by atoms with Crippen molar-refractivity contribution in [3.8, 4) is 0 Å². The highest BCUT2D eigenvalue weighted by Crippen LogP contribution is 2.52. The molecule has 14 heavy (non-hydrogen) atoms. The maximum absolute atomic E-state index is 2.44. The smallest absolute Gasteiger partial charge is 0.0114 e. The van der Waals surface area contributed by atoms with E-state index in [9.17, 15) is 0 Å². The summed E-state index contributed by atoms with van der Waals surface area (Å²) in [5.41, 5.74) is 1.72. The van der Waals surface area contributed by atoms with Gasteiger partial charge in [0.15, 0.2) is 0 Å². The van der Waals surface area contributed by atoms with Gasteiger partial charge in [0, 0.05) is 9.75 Å². The molecule has 0 radical (unpaired) electrons. The molecule has 4 rings (SSSR count). The van der Waals surface area contributed by atoms with E-state index < -0.39 is 0 Å². The lowest BCUT2D eigenvalue weighted by Crippen LogP contribution is -2.19. The maximum atomic E-state index is 2.44. The number of aryl methyl sites for hydroxylation is 1. The first-order valence-electron chi connectivity index (χ1n) is 5.95. The predicted molar refractivity (Wildman–Crippen MR) is 64.4 cm³/mol. The van der Waals surface area contributed by atoms with Gasteiger partial charge >= 0.3 is 0 Å². The molecule has 0 saturated heterocycles. The molecule has 0 spiro atoms. The van der Waals surface area contributed by atoms with Crippen LogP contribution in [0.1, 0.15) is 66.7 Å². The summed E-state index contributed by atoms with van der Waals surface area (Å²) in [6, 6.07) is 2.44. The zero-order valence-electron chi connectivity index (χ0n) is 9.47. The van der Waals surface area contributed by atoms with Crippen molar-refractivity contribution in [2.24, 2.45) is 0 Å². The van der Waals surface area contributed by atoms with Crippen molar-refractivity contribution in [2.45, 2.75) is 58.3 Å². The molecule has 1 heteroatoms. The van der Waals surface area contributed by atoms with E-state index in [0.29, 0.717) is 0 Å². The van der Waals surface area contributed by atoms with Gasteiger partial charge in [-0.25, -0.2) is 0 Å². The number of thiophene rings is 1. The largest absolute Gasteiger partial charge is 0.145 e. The Morgan fingerprint density at radius 2 is 1.64 bits per heavy atom. The molecular formula is C13H20S. The minimum absolute atomic E-state index is 0.940. The van der Waals surface area contributed by atoms with E-state index in [-0.39, 0.29) is 0 Å². The van der Waals surface area contributed by atoms with Gasteiger partial charge in [0.1, 0.15) is 0 Å². The number of hydrogen-bond donors (Lipinski definition) is 0. The summed E-state index contributed by atoms with van der Waals surface area (Å²) in [6.07, 6.45) is 5.87. The summed E-state index contributed by atoms with van der Waals surface area (Å²) in [7, 11) is 0. The van der Waals surface area contributed by atoms with E-state index in [0.717, 1.165) is 11.8 Å². The highest BCUT2D eigenvalue weighted by Gasteiger charge is 2.33. The van der Waals surface area contributed by atoms with Gasteiger partial charge in [0.05, 0.1) is 0 Å². The number of fused-ring (bicyclic) bond motifs is 2. The monoisotopic (exact) mass is 208 g/mol. The topological polar surface area (TPSA) is 0 Å². The van der Waals surface area contributed by atoms with Crippen LogP contribution in [0.3, 0.4) is 0 Å². The third-order valence-corrected chi connectivity index (χ3v) is 4.68. The standard InChI is InChI=1S/C11H14S.C2H6/c1-7-6-10-8-2-4-9(5-3-8)11(10)12-7;1-2/h6,8-9H,2-5H2,1H3;1-2H3. The molecule has 0 nitrogen and oxygen atoms in total. The Morgan fingerprint density at radius 1 is 1.07 bits per heavy atom. The van der Waals surface area contributed by atoms with E-state index in [1.807, 2.05) is 13.8 Å². The summed E-state index contributed by atoms with van der Waals surface area (Å²) >= 11 is 2.05. The second-order valence-corrected chi connectivity index (χ2v) is 5.51. The summed E-state index contributed by atoms with van der Waals surface area (Å²) < 4.78 is 0. The van der Waals surface area contributed by atoms with Gasteiger partial charge in [-0.2, -0.15) is 0 Å². The second-order valence-electron chi connectivity index (χ2n) is 4.23. The normalized spacial score (nSPS) is 27.9. The molecule has 78 valence electrons. The molecule has 3 aliphatic carbocycles. The molecule has 1 saturated carbocycles. The van der Waals surface area contributed by atoms with Gasteiger partial charge < -0.3 is 0 Å². The summed E-state index contributed by atoms with van der Waals surface area (Å²) in [5, 5.41) is 0. The molecule has 1 aromatic heterocycles. The molecule has 1 aromatic rings. The summed E-state index contributed by atoms with van der Waals surface area (Å²) in [4.78, 5) is 3.27. The Hall–Kier alpha value is -0.300. The zero-order valence-corrected chi connectivity index (χ0v) is 10.3. The number of rotatable bonds is 0. The van der Waals surface area contributed by atoms with E-state index in [2.05, 4.69) is 24.3 Å². The Labute approximate surface area is 91.4 Å². The van der Waals surface area contributed by atoms with Crippen LogP contribution in [0.2, 0.25) is 0 Å². The van der Waals surface area contributed by atoms with Gasteiger partial charge in [-0.15, -0.1) is 11.3 Å². The lowest BCUT2D eigenvalue weighted by atomic mass is 9.71. The van der Waals surface area contributed by atoms with Gasteiger partial charge in [0.25, 0.3) is 0 Å². The highest BCUT2D eigenvalue weighted by molar-refractivity contribution is 7.12. The Balaban J connectivity index is 0.000000354. The van der Waals surface area contributed by atoms with Crippen LogP contribution in [0.5, 0.6) is 0 Å². The van der Waals surface area contributed by atoms with Crippen LogP contribution < -0.4 is 0 Å². The van der Waals surface area contributed by atoms with Crippen molar-refractivity contribution in [3.63, 3.8) is 0 Å². The molecular weight excluding hydrogens is 188 g/mol. The van der Waals surface area contributed by atoms with Crippen LogP contribution in [0, 0.1) is 6.92 Å². The first kappa shape index (κ1) is 10.2. The quantitative estimate of drug-likeness (QED) is 0.572. The molecule has 0 atom stereocenters. The average molecular weight is 208 g/mol. The van der Waals surface area contributed by atoms with Crippen molar-refractivity contribution < 1.29 is 0 Å². The van der Waals surface area contributed by atoms with Crippen molar-refractivity contribution in [1.29, 1.82) is 0 Å². The Morgan fingerprint density at radius 3 is 2.21 bits per heavy atom. The molecule has 0 aromatic carbocycles. The fraction of sp³-hybridized carbons (Fsp3) is 0.692. The highest BCUT2D eigenvalue weighted by atomic mass is 32.1. The van der Waals surface area contributed by atoms with Gasteiger partial charge in [0.2, 0.25) is 0 Å². The molecule has 3 aliphatic rings. The maximum Gasteiger partial charge on any atom is 0.0114 e. The van der Waals surface area contributed by atoms with Gasteiger partial charge in [-0.05, 0) is 56.1 Å². The summed E-state index contributed by atoms with van der Waals surface area (Å²) in [6.45, 7) is 6.25. The van der Waals surface area contributed by atoms with Crippen LogP contribution in [0.25, 0.3) is 0 Å². The van der Waals surface area contributed by atoms with E-state index >= 15 is 0 Å². The SMILES string of the molecule is CC.Cc1cc2c(s1)C1CCC2CC1. The molecule has 0 N–H and O–H groups in total. The fourth-order valence-electron chi connectivity index (χ4n) is 2.86.